The Morgan fingerprint density at radius 2 is 2.15 bits per heavy atom. The van der Waals surface area contributed by atoms with Gasteiger partial charge in [0.15, 0.2) is 0 Å². The van der Waals surface area contributed by atoms with Crippen LogP contribution in [0.3, 0.4) is 0 Å². The Morgan fingerprint density at radius 1 is 1.54 bits per heavy atom. The Bertz CT molecular complexity index is 304. The maximum Gasteiger partial charge on any atom is 0.141 e. The fraction of sp³-hybridized carbons (Fsp3) is 0.333. The molecule has 0 saturated carbocycles. The fourth-order valence-electron chi connectivity index (χ4n) is 1.000. The second kappa shape index (κ2) is 4.05. The zero-order chi connectivity index (χ0) is 10.0. The first-order valence-electron chi connectivity index (χ1n) is 3.91. The first-order valence-corrected chi connectivity index (χ1v) is 4.28. The van der Waals surface area contributed by atoms with Crippen molar-refractivity contribution in [1.82, 2.24) is 0 Å². The highest BCUT2D eigenvalue weighted by atomic mass is 35.5. The smallest absolute Gasteiger partial charge is 0.141 e. The molecule has 13 heavy (non-hydrogen) atoms. The summed E-state index contributed by atoms with van der Waals surface area (Å²) in [4.78, 5) is 0. The molecule has 0 aliphatic heterocycles. The normalized spacial score (nSPS) is 15.5. The molecule has 0 saturated heterocycles. The summed E-state index contributed by atoms with van der Waals surface area (Å²) in [5, 5.41) is 9.50. The quantitative estimate of drug-likeness (QED) is 0.771. The Morgan fingerprint density at radius 3 is 2.62 bits per heavy atom. The van der Waals surface area contributed by atoms with Gasteiger partial charge in [-0.25, -0.2) is 4.39 Å². The third kappa shape index (κ3) is 2.40. The Kier molecular flexibility index (Phi) is 3.25. The van der Waals surface area contributed by atoms with Crippen molar-refractivity contribution in [2.45, 2.75) is 19.1 Å². The SMILES string of the molecule is C[C@@H](N)C(O)c1ccc(F)c(Cl)c1. The van der Waals surface area contributed by atoms with Crippen molar-refractivity contribution in [1.29, 1.82) is 0 Å². The molecule has 0 aliphatic carbocycles. The highest BCUT2D eigenvalue weighted by molar-refractivity contribution is 6.30. The van der Waals surface area contributed by atoms with E-state index in [2.05, 4.69) is 0 Å². The van der Waals surface area contributed by atoms with E-state index < -0.39 is 18.0 Å². The minimum Gasteiger partial charge on any atom is -0.387 e. The summed E-state index contributed by atoms with van der Waals surface area (Å²) in [6.45, 7) is 1.67. The molecule has 3 N–H and O–H groups in total. The van der Waals surface area contributed by atoms with Gasteiger partial charge in [-0.15, -0.1) is 0 Å². The number of hydrogen-bond acceptors (Lipinski definition) is 2. The molecule has 2 atom stereocenters. The van der Waals surface area contributed by atoms with E-state index in [1.165, 1.54) is 18.2 Å². The Labute approximate surface area is 81.1 Å². The van der Waals surface area contributed by atoms with Gasteiger partial charge in [-0.3, -0.25) is 0 Å². The molecule has 1 unspecified atom stereocenters. The predicted molar refractivity (Wildman–Crippen MR) is 50.0 cm³/mol. The molecule has 1 aromatic carbocycles. The van der Waals surface area contributed by atoms with Gasteiger partial charge in [0.1, 0.15) is 5.82 Å². The summed E-state index contributed by atoms with van der Waals surface area (Å²) in [6, 6.07) is 3.66. The zero-order valence-corrected chi connectivity index (χ0v) is 7.92. The van der Waals surface area contributed by atoms with Crippen molar-refractivity contribution < 1.29 is 9.50 Å². The largest absolute Gasteiger partial charge is 0.387 e. The third-order valence-corrected chi connectivity index (χ3v) is 2.07. The summed E-state index contributed by atoms with van der Waals surface area (Å²) in [5.74, 6) is -0.498. The Balaban J connectivity index is 2.97. The highest BCUT2D eigenvalue weighted by Crippen LogP contribution is 2.21. The molecule has 0 radical (unpaired) electrons. The molecule has 1 rings (SSSR count). The van der Waals surface area contributed by atoms with E-state index in [4.69, 9.17) is 17.3 Å². The second-order valence-electron chi connectivity index (χ2n) is 2.98. The summed E-state index contributed by atoms with van der Waals surface area (Å²) in [5.41, 5.74) is 6.00. The van der Waals surface area contributed by atoms with E-state index in [1.807, 2.05) is 0 Å². The number of rotatable bonds is 2. The predicted octanol–water partition coefficient (Wildman–Crippen LogP) is 1.86. The van der Waals surface area contributed by atoms with Crippen molar-refractivity contribution in [3.8, 4) is 0 Å². The van der Waals surface area contributed by atoms with Gasteiger partial charge in [-0.1, -0.05) is 17.7 Å². The molecular formula is C9H11ClFNO. The minimum absolute atomic E-state index is 0.00259. The minimum atomic E-state index is -0.807. The lowest BCUT2D eigenvalue weighted by atomic mass is 10.0. The summed E-state index contributed by atoms with van der Waals surface area (Å²) in [7, 11) is 0. The molecule has 4 heteroatoms. The summed E-state index contributed by atoms with van der Waals surface area (Å²) >= 11 is 5.54. The molecular weight excluding hydrogens is 193 g/mol. The zero-order valence-electron chi connectivity index (χ0n) is 7.17. The maximum atomic E-state index is 12.7. The average molecular weight is 204 g/mol. The lowest BCUT2D eigenvalue weighted by Crippen LogP contribution is -2.24. The first kappa shape index (κ1) is 10.4. The lowest BCUT2D eigenvalue weighted by Gasteiger charge is -2.14. The second-order valence-corrected chi connectivity index (χ2v) is 3.38. The van der Waals surface area contributed by atoms with E-state index in [0.29, 0.717) is 5.56 Å². The van der Waals surface area contributed by atoms with Crippen LogP contribution in [0.25, 0.3) is 0 Å². The molecule has 0 spiro atoms. The number of halogens is 2. The van der Waals surface area contributed by atoms with Gasteiger partial charge in [-0.05, 0) is 24.6 Å². The highest BCUT2D eigenvalue weighted by Gasteiger charge is 2.13. The van der Waals surface area contributed by atoms with Crippen molar-refractivity contribution in [3.05, 3.63) is 34.6 Å². The van der Waals surface area contributed by atoms with Crippen molar-refractivity contribution in [3.63, 3.8) is 0 Å². The van der Waals surface area contributed by atoms with Gasteiger partial charge in [0, 0.05) is 6.04 Å². The van der Waals surface area contributed by atoms with Crippen LogP contribution in [0.2, 0.25) is 5.02 Å². The molecule has 1 aromatic rings. The summed E-state index contributed by atoms with van der Waals surface area (Å²) in [6.07, 6.45) is -0.807. The van der Waals surface area contributed by atoms with E-state index in [1.54, 1.807) is 6.92 Å². The number of benzene rings is 1. The van der Waals surface area contributed by atoms with Gasteiger partial charge < -0.3 is 10.8 Å². The molecule has 0 aliphatic rings. The van der Waals surface area contributed by atoms with Gasteiger partial charge >= 0.3 is 0 Å². The number of hydrogen-bond donors (Lipinski definition) is 2. The van der Waals surface area contributed by atoms with Gasteiger partial charge in [0.25, 0.3) is 0 Å². The van der Waals surface area contributed by atoms with Crippen LogP contribution in [0.5, 0.6) is 0 Å². The van der Waals surface area contributed by atoms with Crippen LogP contribution in [-0.4, -0.2) is 11.1 Å². The van der Waals surface area contributed by atoms with Crippen molar-refractivity contribution >= 4 is 11.6 Å². The van der Waals surface area contributed by atoms with Crippen LogP contribution < -0.4 is 5.73 Å². The molecule has 2 nitrogen and oxygen atoms in total. The van der Waals surface area contributed by atoms with Crippen molar-refractivity contribution in [2.75, 3.05) is 0 Å². The van der Waals surface area contributed by atoms with Crippen LogP contribution in [0.1, 0.15) is 18.6 Å². The van der Waals surface area contributed by atoms with Crippen molar-refractivity contribution in [2.24, 2.45) is 5.73 Å². The van der Waals surface area contributed by atoms with Crippen LogP contribution in [0, 0.1) is 5.82 Å². The number of aliphatic hydroxyl groups is 1. The van der Waals surface area contributed by atoms with E-state index in [0.717, 1.165) is 0 Å². The molecule has 0 amide bonds. The van der Waals surface area contributed by atoms with Crippen LogP contribution >= 0.6 is 11.6 Å². The molecule has 72 valence electrons. The van der Waals surface area contributed by atoms with Gasteiger partial charge in [0.2, 0.25) is 0 Å². The monoisotopic (exact) mass is 203 g/mol. The van der Waals surface area contributed by atoms with Crippen LogP contribution in [-0.2, 0) is 0 Å². The topological polar surface area (TPSA) is 46.2 Å². The molecule has 0 aromatic heterocycles. The van der Waals surface area contributed by atoms with Gasteiger partial charge in [-0.2, -0.15) is 0 Å². The first-order chi connectivity index (χ1) is 6.02. The number of nitrogens with two attached hydrogens (primary N) is 1. The van der Waals surface area contributed by atoms with E-state index in [9.17, 15) is 9.50 Å². The molecule has 0 fully saturated rings. The molecule has 0 bridgehead atoms. The fourth-order valence-corrected chi connectivity index (χ4v) is 1.19. The maximum absolute atomic E-state index is 12.7. The average Bonchev–Trinajstić information content (AvgIpc) is 2.08. The molecule has 0 heterocycles. The van der Waals surface area contributed by atoms with E-state index >= 15 is 0 Å². The number of aliphatic hydroxyl groups excluding tert-OH is 1. The summed E-state index contributed by atoms with van der Waals surface area (Å²) < 4.78 is 12.7. The van der Waals surface area contributed by atoms with Gasteiger partial charge in [0.05, 0.1) is 11.1 Å². The van der Waals surface area contributed by atoms with E-state index in [-0.39, 0.29) is 5.02 Å². The third-order valence-electron chi connectivity index (χ3n) is 1.78. The Hall–Kier alpha value is -0.640. The standard InChI is InChI=1S/C9H11ClFNO/c1-5(12)9(13)6-2-3-8(11)7(10)4-6/h2-5,9,13H,12H2,1H3/t5-,9?/m1/s1. The van der Waals surface area contributed by atoms with Crippen LogP contribution in [0.15, 0.2) is 18.2 Å². The van der Waals surface area contributed by atoms with Crippen LogP contribution in [0.4, 0.5) is 4.39 Å². The lowest BCUT2D eigenvalue weighted by molar-refractivity contribution is 0.153.